The third kappa shape index (κ3) is 2.72. The van der Waals surface area contributed by atoms with Crippen LogP contribution < -0.4 is 11.1 Å². The van der Waals surface area contributed by atoms with Crippen molar-refractivity contribution in [2.45, 2.75) is 6.54 Å². The summed E-state index contributed by atoms with van der Waals surface area (Å²) < 4.78 is 0. The Morgan fingerprint density at radius 1 is 1.39 bits per heavy atom. The summed E-state index contributed by atoms with van der Waals surface area (Å²) in [4.78, 5) is 15.7. The second-order valence-electron chi connectivity index (χ2n) is 3.47. The Morgan fingerprint density at radius 3 is 2.61 bits per heavy atom. The Balaban J connectivity index is 2.09. The number of anilines is 1. The molecule has 8 heteroatoms. The molecule has 0 spiro atoms. The van der Waals surface area contributed by atoms with E-state index in [0.717, 1.165) is 0 Å². The average molecular weight is 286 g/mol. The Kier molecular flexibility index (Phi) is 3.69. The number of benzene rings is 1. The van der Waals surface area contributed by atoms with Gasteiger partial charge in [-0.25, -0.2) is 4.98 Å². The zero-order chi connectivity index (χ0) is 13.1. The first-order valence-corrected chi connectivity index (χ1v) is 5.70. The summed E-state index contributed by atoms with van der Waals surface area (Å²) in [7, 11) is 0. The van der Waals surface area contributed by atoms with E-state index in [-0.39, 0.29) is 28.2 Å². The van der Waals surface area contributed by atoms with Gasteiger partial charge in [0.2, 0.25) is 0 Å². The minimum atomic E-state index is -0.324. The van der Waals surface area contributed by atoms with Gasteiger partial charge in [-0.2, -0.15) is 5.10 Å². The fraction of sp³-hybridized carbons (Fsp3) is 0.100. The monoisotopic (exact) mass is 285 g/mol. The van der Waals surface area contributed by atoms with Crippen LogP contribution in [0.3, 0.4) is 0 Å². The number of hydrogen-bond donors (Lipinski definition) is 3. The van der Waals surface area contributed by atoms with Crippen molar-refractivity contribution in [3.05, 3.63) is 39.9 Å². The highest BCUT2D eigenvalue weighted by atomic mass is 35.5. The number of nitrogens with one attached hydrogen (secondary N) is 2. The van der Waals surface area contributed by atoms with Crippen LogP contribution in [0.25, 0.3) is 0 Å². The smallest absolute Gasteiger partial charge is 0.251 e. The molecule has 4 N–H and O–H groups in total. The van der Waals surface area contributed by atoms with Crippen molar-refractivity contribution >= 4 is 34.8 Å². The van der Waals surface area contributed by atoms with Gasteiger partial charge in [0, 0.05) is 5.56 Å². The van der Waals surface area contributed by atoms with Gasteiger partial charge in [0.05, 0.1) is 22.3 Å². The standard InChI is InChI=1S/C10H9Cl2N5O/c11-6-1-5(2-7(12)9(6)13)10(18)14-3-8-15-4-16-17-8/h1-2,4H,3,13H2,(H,14,18)(H,15,16,17). The van der Waals surface area contributed by atoms with Crippen molar-refractivity contribution in [2.24, 2.45) is 0 Å². The molecule has 94 valence electrons. The minimum absolute atomic E-state index is 0.235. The van der Waals surface area contributed by atoms with Crippen molar-refractivity contribution in [3.8, 4) is 0 Å². The summed E-state index contributed by atoms with van der Waals surface area (Å²) >= 11 is 11.7. The van der Waals surface area contributed by atoms with Gasteiger partial charge in [0.1, 0.15) is 12.2 Å². The fourth-order valence-electron chi connectivity index (χ4n) is 1.30. The van der Waals surface area contributed by atoms with Gasteiger partial charge in [-0.3, -0.25) is 9.89 Å². The zero-order valence-electron chi connectivity index (χ0n) is 9.08. The third-order valence-electron chi connectivity index (χ3n) is 2.22. The van der Waals surface area contributed by atoms with Gasteiger partial charge in [0.15, 0.2) is 0 Å². The lowest BCUT2D eigenvalue weighted by Gasteiger charge is -2.06. The predicted molar refractivity (Wildman–Crippen MR) is 68.4 cm³/mol. The summed E-state index contributed by atoms with van der Waals surface area (Å²) in [5.74, 6) is 0.228. The molecule has 0 aliphatic heterocycles. The van der Waals surface area contributed by atoms with Crippen molar-refractivity contribution in [1.82, 2.24) is 20.5 Å². The molecule has 0 atom stereocenters. The molecule has 0 fully saturated rings. The Bertz CT molecular complexity index is 547. The van der Waals surface area contributed by atoms with Crippen molar-refractivity contribution < 1.29 is 4.79 Å². The van der Waals surface area contributed by atoms with E-state index in [2.05, 4.69) is 20.5 Å². The number of nitrogens with two attached hydrogens (primary N) is 1. The predicted octanol–water partition coefficient (Wildman–Crippen LogP) is 1.62. The molecule has 1 amide bonds. The Morgan fingerprint density at radius 2 is 2.06 bits per heavy atom. The number of amides is 1. The SMILES string of the molecule is Nc1c(Cl)cc(C(=O)NCc2ncn[nH]2)cc1Cl. The maximum atomic E-state index is 11.8. The largest absolute Gasteiger partial charge is 0.396 e. The summed E-state index contributed by atoms with van der Waals surface area (Å²) in [5.41, 5.74) is 6.17. The van der Waals surface area contributed by atoms with E-state index < -0.39 is 0 Å². The molecule has 1 heterocycles. The number of H-pyrrole nitrogens is 1. The maximum absolute atomic E-state index is 11.8. The number of halogens is 2. The Hall–Kier alpha value is -1.79. The van der Waals surface area contributed by atoms with Crippen molar-refractivity contribution in [1.29, 1.82) is 0 Å². The molecule has 1 aromatic heterocycles. The Labute approximate surface area is 112 Å². The first kappa shape index (κ1) is 12.7. The van der Waals surface area contributed by atoms with Gasteiger partial charge in [-0.1, -0.05) is 23.2 Å². The highest BCUT2D eigenvalue weighted by molar-refractivity contribution is 6.39. The summed E-state index contributed by atoms with van der Waals surface area (Å²) in [6, 6.07) is 2.91. The molecule has 0 saturated carbocycles. The molecular formula is C10H9Cl2N5O. The molecule has 6 nitrogen and oxygen atoms in total. The van der Waals surface area contributed by atoms with Crippen LogP contribution in [0.4, 0.5) is 5.69 Å². The summed E-state index contributed by atoms with van der Waals surface area (Å²) in [6.07, 6.45) is 1.36. The molecule has 1 aromatic carbocycles. The number of carbonyl (C=O) groups excluding carboxylic acids is 1. The molecule has 2 rings (SSSR count). The van der Waals surface area contributed by atoms with E-state index in [9.17, 15) is 4.79 Å². The molecule has 0 aliphatic rings. The fourth-order valence-corrected chi connectivity index (χ4v) is 1.78. The van der Waals surface area contributed by atoms with E-state index >= 15 is 0 Å². The number of hydrogen-bond acceptors (Lipinski definition) is 4. The lowest BCUT2D eigenvalue weighted by molar-refractivity contribution is 0.0950. The molecule has 0 unspecified atom stereocenters. The van der Waals surface area contributed by atoms with Crippen LogP contribution in [0.5, 0.6) is 0 Å². The lowest BCUT2D eigenvalue weighted by atomic mass is 10.2. The second kappa shape index (κ2) is 5.24. The number of aromatic amines is 1. The van der Waals surface area contributed by atoms with E-state index in [4.69, 9.17) is 28.9 Å². The average Bonchev–Trinajstić information content (AvgIpc) is 2.85. The highest BCUT2D eigenvalue weighted by Gasteiger charge is 2.11. The maximum Gasteiger partial charge on any atom is 0.251 e. The quantitative estimate of drug-likeness (QED) is 0.747. The van der Waals surface area contributed by atoms with Crippen LogP contribution in [0, 0.1) is 0 Å². The van der Waals surface area contributed by atoms with Gasteiger partial charge >= 0.3 is 0 Å². The van der Waals surface area contributed by atoms with Gasteiger partial charge < -0.3 is 11.1 Å². The van der Waals surface area contributed by atoms with Crippen LogP contribution in [-0.2, 0) is 6.54 Å². The zero-order valence-corrected chi connectivity index (χ0v) is 10.6. The van der Waals surface area contributed by atoms with Crippen LogP contribution in [0.1, 0.15) is 16.2 Å². The number of nitrogens with zero attached hydrogens (tertiary/aromatic N) is 2. The van der Waals surface area contributed by atoms with Gasteiger partial charge in [-0.05, 0) is 12.1 Å². The molecular weight excluding hydrogens is 277 g/mol. The first-order chi connectivity index (χ1) is 8.58. The van der Waals surface area contributed by atoms with Crippen LogP contribution in [0.2, 0.25) is 10.0 Å². The lowest BCUT2D eigenvalue weighted by Crippen LogP contribution is -2.23. The first-order valence-electron chi connectivity index (χ1n) is 4.95. The second-order valence-corrected chi connectivity index (χ2v) is 4.28. The number of nitrogen functional groups attached to an aromatic ring is 1. The van der Waals surface area contributed by atoms with Crippen LogP contribution in [0.15, 0.2) is 18.5 Å². The number of carbonyl (C=O) groups is 1. The minimum Gasteiger partial charge on any atom is -0.396 e. The normalized spacial score (nSPS) is 10.3. The van der Waals surface area contributed by atoms with Gasteiger partial charge in [0.25, 0.3) is 5.91 Å². The molecule has 0 saturated heterocycles. The topological polar surface area (TPSA) is 96.7 Å². The van der Waals surface area contributed by atoms with Gasteiger partial charge in [-0.15, -0.1) is 0 Å². The molecule has 2 aromatic rings. The van der Waals surface area contributed by atoms with Crippen LogP contribution in [-0.4, -0.2) is 21.1 Å². The molecule has 0 radical (unpaired) electrons. The number of aromatic nitrogens is 3. The van der Waals surface area contributed by atoms with Crippen LogP contribution >= 0.6 is 23.2 Å². The third-order valence-corrected chi connectivity index (χ3v) is 2.85. The molecule has 0 bridgehead atoms. The summed E-state index contributed by atoms with van der Waals surface area (Å²) in [6.45, 7) is 0.235. The summed E-state index contributed by atoms with van der Waals surface area (Å²) in [5, 5.41) is 9.42. The molecule has 0 aliphatic carbocycles. The van der Waals surface area contributed by atoms with E-state index in [0.29, 0.717) is 11.4 Å². The van der Waals surface area contributed by atoms with Crippen molar-refractivity contribution in [3.63, 3.8) is 0 Å². The van der Waals surface area contributed by atoms with Crippen molar-refractivity contribution in [2.75, 3.05) is 5.73 Å². The highest BCUT2D eigenvalue weighted by Crippen LogP contribution is 2.28. The van der Waals surface area contributed by atoms with E-state index in [1.165, 1.54) is 18.5 Å². The number of rotatable bonds is 3. The molecule has 18 heavy (non-hydrogen) atoms. The van der Waals surface area contributed by atoms with E-state index in [1.54, 1.807) is 0 Å². The van der Waals surface area contributed by atoms with E-state index in [1.807, 2.05) is 0 Å².